The number of aromatic nitrogens is 2. The van der Waals surface area contributed by atoms with Crippen LogP contribution in [0, 0.1) is 5.92 Å². The largest absolute Gasteiger partial charge is 0.494 e. The number of methoxy groups -OCH3 is 1. The molecule has 12 heteroatoms. The van der Waals surface area contributed by atoms with Crippen LogP contribution in [0.4, 0.5) is 17.1 Å². The minimum Gasteiger partial charge on any atom is -0.494 e. The van der Waals surface area contributed by atoms with Gasteiger partial charge in [-0.1, -0.05) is 12.7 Å². The zero-order valence-electron chi connectivity index (χ0n) is 26.8. The first kappa shape index (κ1) is 30.7. The number of hydrogen-bond donors (Lipinski definition) is 4. The Morgan fingerprint density at radius 2 is 1.91 bits per heavy atom. The van der Waals surface area contributed by atoms with Gasteiger partial charge in [0.1, 0.15) is 11.6 Å². The van der Waals surface area contributed by atoms with E-state index in [-0.39, 0.29) is 11.8 Å². The van der Waals surface area contributed by atoms with Crippen LogP contribution in [0.5, 0.6) is 5.75 Å². The van der Waals surface area contributed by atoms with E-state index in [1.165, 1.54) is 11.6 Å². The maximum Gasteiger partial charge on any atom is 0.247 e. The average molecular weight is 615 g/mol. The summed E-state index contributed by atoms with van der Waals surface area (Å²) in [5.41, 5.74) is 11.6. The molecule has 0 spiro atoms. The summed E-state index contributed by atoms with van der Waals surface area (Å²) in [6.07, 6.45) is 12.5. The Bertz CT molecular complexity index is 1490. The molecule has 1 amide bonds. The molecule has 2 aromatic rings. The van der Waals surface area contributed by atoms with Gasteiger partial charge in [0.25, 0.3) is 0 Å². The van der Waals surface area contributed by atoms with Crippen LogP contribution < -0.4 is 31.2 Å². The number of rotatable bonds is 9. The normalized spacial score (nSPS) is 20.9. The molecule has 6 rings (SSSR count). The number of hydrogen-bond acceptors (Lipinski definition) is 10. The van der Waals surface area contributed by atoms with E-state index in [0.717, 1.165) is 81.4 Å². The Hall–Kier alpha value is -4.29. The number of carbonyl (C=O) groups is 1. The Labute approximate surface area is 265 Å². The number of nitrogens with zero attached hydrogens (tertiary/aromatic N) is 6. The molecule has 0 radical (unpaired) electrons. The highest BCUT2D eigenvalue weighted by Crippen LogP contribution is 2.39. The summed E-state index contributed by atoms with van der Waals surface area (Å²) in [6.45, 7) is 14.6. The van der Waals surface area contributed by atoms with Crippen LogP contribution in [0.1, 0.15) is 37.9 Å². The topological polar surface area (TPSA) is 114 Å². The van der Waals surface area contributed by atoms with E-state index in [4.69, 9.17) is 4.74 Å². The van der Waals surface area contributed by atoms with Gasteiger partial charge in [0.2, 0.25) is 5.91 Å². The first-order valence-electron chi connectivity index (χ1n) is 16.0. The molecule has 45 heavy (non-hydrogen) atoms. The highest BCUT2D eigenvalue weighted by atomic mass is 16.5. The second-order valence-electron chi connectivity index (χ2n) is 12.5. The maximum atomic E-state index is 12.5. The number of anilines is 3. The summed E-state index contributed by atoms with van der Waals surface area (Å²) in [6, 6.07) is 5.14. The van der Waals surface area contributed by atoms with Gasteiger partial charge in [-0.05, 0) is 56.9 Å². The first-order chi connectivity index (χ1) is 21.8. The molecule has 2 saturated heterocycles. The molecule has 12 nitrogen and oxygen atoms in total. The number of ether oxygens (including phenoxy) is 1. The van der Waals surface area contributed by atoms with Crippen LogP contribution in [-0.2, 0) is 18.3 Å². The van der Waals surface area contributed by atoms with E-state index < -0.39 is 0 Å². The van der Waals surface area contributed by atoms with Gasteiger partial charge >= 0.3 is 0 Å². The van der Waals surface area contributed by atoms with Crippen molar-refractivity contribution in [3.63, 3.8) is 0 Å². The quantitative estimate of drug-likeness (QED) is 0.317. The predicted octanol–water partition coefficient (Wildman–Crippen LogP) is 3.15. The standard InChI is InChI=1S/C33H46N10O2/c1-6-33(44)36-27-18-28(35-32-19-26(37-39-38-32)23-7-8-29-24(17-23)21-34-40(29)4)31(45-5)20-30(27)43-11-9-25(10-12-43)42-15-13-41(14-16-42)22(2)3/h6-8,18-23,25,35,38-39H,1,9-17H2,2-5H3,(H,36,44). The summed E-state index contributed by atoms with van der Waals surface area (Å²) >= 11 is 0. The van der Waals surface area contributed by atoms with Gasteiger partial charge in [-0.25, -0.2) is 5.53 Å². The monoisotopic (exact) mass is 614 g/mol. The molecule has 1 atom stereocenters. The summed E-state index contributed by atoms with van der Waals surface area (Å²) in [7, 11) is 3.62. The fraction of sp³-hybridized carbons (Fsp3) is 0.485. The van der Waals surface area contributed by atoms with Crippen LogP contribution >= 0.6 is 0 Å². The number of piperidine rings is 1. The van der Waals surface area contributed by atoms with E-state index in [2.05, 4.69) is 79.1 Å². The lowest BCUT2D eigenvalue weighted by atomic mass is 9.89. The average Bonchev–Trinajstić information content (AvgIpc) is 3.44. The molecule has 1 aromatic heterocycles. The van der Waals surface area contributed by atoms with Gasteiger partial charge in [0.05, 0.1) is 41.8 Å². The summed E-state index contributed by atoms with van der Waals surface area (Å²) in [5.74, 6) is 1.26. The summed E-state index contributed by atoms with van der Waals surface area (Å²) < 4.78 is 7.77. The van der Waals surface area contributed by atoms with Crippen molar-refractivity contribution in [1.82, 2.24) is 30.5 Å². The van der Waals surface area contributed by atoms with Crippen molar-refractivity contribution >= 4 is 34.8 Å². The Kier molecular flexibility index (Phi) is 9.13. The molecular formula is C33H46N10O2. The molecule has 4 aliphatic rings. The summed E-state index contributed by atoms with van der Waals surface area (Å²) in [5, 5.41) is 15.4. The molecule has 3 aliphatic heterocycles. The fourth-order valence-electron chi connectivity index (χ4n) is 6.82. The predicted molar refractivity (Wildman–Crippen MR) is 180 cm³/mol. The molecular weight excluding hydrogens is 568 g/mol. The Morgan fingerprint density at radius 3 is 2.62 bits per heavy atom. The Balaban J connectivity index is 1.17. The molecule has 4 heterocycles. The zero-order chi connectivity index (χ0) is 31.5. The van der Waals surface area contributed by atoms with Crippen molar-refractivity contribution < 1.29 is 9.53 Å². The highest BCUT2D eigenvalue weighted by molar-refractivity contribution is 6.02. The molecule has 2 fully saturated rings. The number of fused-ring (bicyclic) bond motifs is 1. The molecule has 240 valence electrons. The van der Waals surface area contributed by atoms with E-state index in [1.54, 1.807) is 7.11 Å². The van der Waals surface area contributed by atoms with E-state index >= 15 is 0 Å². The van der Waals surface area contributed by atoms with Crippen LogP contribution in [-0.4, -0.2) is 89.7 Å². The SMILES string of the molecule is C=CC(=O)Nc1cc(NC2=CC(C3C=Cc4c(cnn4C)C3)=NNN2)c(OC)cc1N1CCC(N2CCN(C(C)C)CC2)CC1. The minimum atomic E-state index is -0.254. The second-order valence-corrected chi connectivity index (χ2v) is 12.5. The third-order valence-corrected chi connectivity index (χ3v) is 9.47. The van der Waals surface area contributed by atoms with Gasteiger partial charge in [-0.15, -0.1) is 0 Å². The van der Waals surface area contributed by atoms with E-state index in [0.29, 0.717) is 29.2 Å². The number of hydrazine groups is 1. The molecule has 1 unspecified atom stereocenters. The van der Waals surface area contributed by atoms with Gasteiger partial charge < -0.3 is 20.3 Å². The number of carbonyl (C=O) groups excluding carboxylic acids is 1. The second kappa shape index (κ2) is 13.4. The number of benzene rings is 1. The van der Waals surface area contributed by atoms with Crippen LogP contribution in [0.2, 0.25) is 0 Å². The number of aryl methyl sites for hydroxylation is 1. The first-order valence-corrected chi connectivity index (χ1v) is 16.0. The smallest absolute Gasteiger partial charge is 0.247 e. The Morgan fingerprint density at radius 1 is 1.13 bits per heavy atom. The van der Waals surface area contributed by atoms with Gasteiger partial charge in [-0.2, -0.15) is 10.2 Å². The number of hydrazone groups is 1. The number of nitrogens with one attached hydrogen (secondary N) is 4. The number of amides is 1. The fourth-order valence-corrected chi connectivity index (χ4v) is 6.82. The van der Waals surface area contributed by atoms with Crippen molar-refractivity contribution in [2.24, 2.45) is 18.1 Å². The molecule has 1 aliphatic carbocycles. The highest BCUT2D eigenvalue weighted by Gasteiger charge is 2.30. The lowest BCUT2D eigenvalue weighted by molar-refractivity contribution is -0.111. The van der Waals surface area contributed by atoms with Gasteiger partial charge in [-0.3, -0.25) is 24.7 Å². The molecule has 4 N–H and O–H groups in total. The lowest BCUT2D eigenvalue weighted by Crippen LogP contribution is -2.54. The van der Waals surface area contributed by atoms with E-state index in [1.807, 2.05) is 36.1 Å². The van der Waals surface area contributed by atoms with E-state index in [9.17, 15) is 4.79 Å². The molecule has 0 saturated carbocycles. The van der Waals surface area contributed by atoms with Crippen molar-refractivity contribution in [2.75, 3.05) is 61.9 Å². The summed E-state index contributed by atoms with van der Waals surface area (Å²) in [4.78, 5) is 20.1. The molecule has 0 bridgehead atoms. The van der Waals surface area contributed by atoms with Gasteiger partial charge in [0, 0.05) is 76.5 Å². The van der Waals surface area contributed by atoms with Crippen molar-refractivity contribution in [3.8, 4) is 5.75 Å². The number of allylic oxidation sites excluding steroid dienone is 2. The van der Waals surface area contributed by atoms with Crippen molar-refractivity contribution in [3.05, 3.63) is 60.2 Å². The van der Waals surface area contributed by atoms with Crippen LogP contribution in [0.15, 0.2) is 54.1 Å². The van der Waals surface area contributed by atoms with Gasteiger partial charge in [0.15, 0.2) is 0 Å². The van der Waals surface area contributed by atoms with Crippen molar-refractivity contribution in [1.29, 1.82) is 0 Å². The number of piperazine rings is 1. The van der Waals surface area contributed by atoms with Crippen molar-refractivity contribution in [2.45, 2.75) is 45.2 Å². The third kappa shape index (κ3) is 6.71. The minimum absolute atomic E-state index is 0.113. The molecule has 1 aromatic carbocycles. The lowest BCUT2D eigenvalue weighted by Gasteiger charge is -2.44. The zero-order valence-corrected chi connectivity index (χ0v) is 26.8. The maximum absolute atomic E-state index is 12.5. The van der Waals surface area contributed by atoms with Crippen LogP contribution in [0.3, 0.4) is 0 Å². The third-order valence-electron chi connectivity index (χ3n) is 9.47. The van der Waals surface area contributed by atoms with Crippen LogP contribution in [0.25, 0.3) is 6.08 Å².